The number of aromatic carboxylic acids is 1. The Hall–Kier alpha value is -3.79. The lowest BCUT2D eigenvalue weighted by atomic mass is 10.1. The quantitative estimate of drug-likeness (QED) is 0.449. The summed E-state index contributed by atoms with van der Waals surface area (Å²) in [7, 11) is 0. The average Bonchev–Trinajstić information content (AvgIpc) is 3.47. The molecule has 1 unspecified atom stereocenters. The molecule has 1 aliphatic rings. The highest BCUT2D eigenvalue weighted by molar-refractivity contribution is 7.22. The Morgan fingerprint density at radius 2 is 2.03 bits per heavy atom. The van der Waals surface area contributed by atoms with Gasteiger partial charge in [-0.25, -0.2) is 13.9 Å². The number of halogens is 1. The maximum Gasteiger partial charge on any atom is 0.338 e. The van der Waals surface area contributed by atoms with E-state index in [1.54, 1.807) is 0 Å². The number of carbonyl (C=O) groups excluding carboxylic acids is 2. The molecule has 1 fully saturated rings. The molecular formula is C23H19FN4O4S. The van der Waals surface area contributed by atoms with Crippen LogP contribution in [0.3, 0.4) is 0 Å². The fourth-order valence-corrected chi connectivity index (χ4v) is 5.38. The van der Waals surface area contributed by atoms with Gasteiger partial charge in [0.2, 0.25) is 11.8 Å². The zero-order chi connectivity index (χ0) is 23.3. The normalized spacial score (nSPS) is 14.9. The third-order valence-corrected chi connectivity index (χ3v) is 6.94. The lowest BCUT2D eigenvalue weighted by molar-refractivity contribution is -0.133. The van der Waals surface area contributed by atoms with Crippen molar-refractivity contribution >= 4 is 50.1 Å². The van der Waals surface area contributed by atoms with Crippen LogP contribution in [-0.4, -0.2) is 44.1 Å². The minimum atomic E-state index is -1.40. The number of carboxylic acids is 1. The standard InChI is InChI=1S/C23H19FN4O4S/c24-15-10-16-14(9-13(15)23(31)32)22(18-8-12-4-1-2-5-17(12)33-18)26-28(16)20(11-19(25)29)27-7-3-6-21(27)30/h1-2,4-5,8-10,20H,3,6-7,11H2,(H2,25,29)(H,31,32). The second-order valence-corrected chi connectivity index (χ2v) is 9.02. The smallest absolute Gasteiger partial charge is 0.338 e. The highest BCUT2D eigenvalue weighted by atomic mass is 32.1. The van der Waals surface area contributed by atoms with Crippen LogP contribution in [0.15, 0.2) is 42.5 Å². The van der Waals surface area contributed by atoms with Gasteiger partial charge in [0, 0.05) is 29.1 Å². The number of amides is 2. The van der Waals surface area contributed by atoms with Crippen molar-refractivity contribution in [3.8, 4) is 10.6 Å². The molecule has 168 valence electrons. The van der Waals surface area contributed by atoms with Crippen LogP contribution in [0.4, 0.5) is 4.39 Å². The highest BCUT2D eigenvalue weighted by Gasteiger charge is 2.33. The molecule has 4 aromatic rings. The number of rotatable bonds is 6. The summed E-state index contributed by atoms with van der Waals surface area (Å²) in [6.45, 7) is 0.423. The Bertz CT molecular complexity index is 1410. The van der Waals surface area contributed by atoms with Crippen LogP contribution in [0, 0.1) is 5.82 Å². The summed E-state index contributed by atoms with van der Waals surface area (Å²) in [5.74, 6) is -3.09. The number of carboxylic acid groups (broad SMARTS) is 1. The van der Waals surface area contributed by atoms with Gasteiger partial charge in [0.05, 0.1) is 22.4 Å². The van der Waals surface area contributed by atoms with E-state index in [0.717, 1.165) is 21.0 Å². The number of likely N-dealkylation sites (tertiary alicyclic amines) is 1. The van der Waals surface area contributed by atoms with Crippen molar-refractivity contribution < 1.29 is 23.9 Å². The summed E-state index contributed by atoms with van der Waals surface area (Å²) >= 11 is 1.47. The fraction of sp³-hybridized carbons (Fsp3) is 0.217. The summed E-state index contributed by atoms with van der Waals surface area (Å²) in [6, 6.07) is 12.0. The molecule has 0 spiro atoms. The van der Waals surface area contributed by atoms with Gasteiger partial charge in [-0.3, -0.25) is 9.59 Å². The molecule has 0 saturated carbocycles. The Balaban J connectivity index is 1.78. The summed E-state index contributed by atoms with van der Waals surface area (Å²) in [6.07, 6.45) is -0.0574. The van der Waals surface area contributed by atoms with E-state index in [0.29, 0.717) is 30.5 Å². The summed E-state index contributed by atoms with van der Waals surface area (Å²) in [5.41, 5.74) is 5.75. The maximum absolute atomic E-state index is 14.7. The van der Waals surface area contributed by atoms with Crippen molar-refractivity contribution in [3.05, 3.63) is 53.8 Å². The highest BCUT2D eigenvalue weighted by Crippen LogP contribution is 2.39. The number of nitrogens with two attached hydrogens (primary N) is 1. The zero-order valence-electron chi connectivity index (χ0n) is 17.3. The molecular weight excluding hydrogens is 447 g/mol. The Morgan fingerprint density at radius 3 is 2.70 bits per heavy atom. The van der Waals surface area contributed by atoms with E-state index in [9.17, 15) is 23.9 Å². The van der Waals surface area contributed by atoms with Gasteiger partial charge in [0.1, 0.15) is 17.7 Å². The number of carbonyl (C=O) groups is 3. The SMILES string of the molecule is NC(=O)CC(N1CCCC1=O)n1nc(-c2cc3ccccc3s2)c2cc(C(=O)O)c(F)cc21. The first kappa shape index (κ1) is 21.1. The van der Waals surface area contributed by atoms with Gasteiger partial charge in [0.15, 0.2) is 0 Å². The first-order valence-corrected chi connectivity index (χ1v) is 11.2. The minimum Gasteiger partial charge on any atom is -0.478 e. The topological polar surface area (TPSA) is 119 Å². The van der Waals surface area contributed by atoms with Gasteiger partial charge in [-0.15, -0.1) is 11.3 Å². The molecule has 1 atom stereocenters. The molecule has 0 aliphatic carbocycles. The van der Waals surface area contributed by atoms with Crippen LogP contribution in [0.25, 0.3) is 31.6 Å². The molecule has 5 rings (SSSR count). The van der Waals surface area contributed by atoms with Gasteiger partial charge in [-0.05, 0) is 30.0 Å². The number of nitrogens with zero attached hydrogens (tertiary/aromatic N) is 3. The van der Waals surface area contributed by atoms with E-state index >= 15 is 0 Å². The van der Waals surface area contributed by atoms with E-state index in [2.05, 4.69) is 0 Å². The predicted molar refractivity (Wildman–Crippen MR) is 121 cm³/mol. The van der Waals surface area contributed by atoms with Crippen molar-refractivity contribution in [1.29, 1.82) is 0 Å². The van der Waals surface area contributed by atoms with Gasteiger partial charge >= 0.3 is 5.97 Å². The Kier molecular flexibility index (Phi) is 5.09. The second kappa shape index (κ2) is 7.96. The monoisotopic (exact) mass is 466 g/mol. The van der Waals surface area contributed by atoms with Crippen LogP contribution in [0.5, 0.6) is 0 Å². The van der Waals surface area contributed by atoms with Crippen molar-refractivity contribution in [1.82, 2.24) is 14.7 Å². The summed E-state index contributed by atoms with van der Waals surface area (Å²) in [4.78, 5) is 38.3. The number of thiophene rings is 1. The molecule has 0 radical (unpaired) electrons. The molecule has 3 N–H and O–H groups in total. The first-order valence-electron chi connectivity index (χ1n) is 10.4. The molecule has 8 nitrogen and oxygen atoms in total. The van der Waals surface area contributed by atoms with E-state index in [4.69, 9.17) is 10.8 Å². The fourth-order valence-electron chi connectivity index (χ4n) is 4.32. The first-order chi connectivity index (χ1) is 15.8. The third kappa shape index (κ3) is 3.62. The average molecular weight is 466 g/mol. The van der Waals surface area contributed by atoms with Crippen molar-refractivity contribution in [2.75, 3.05) is 6.54 Å². The van der Waals surface area contributed by atoms with Crippen molar-refractivity contribution in [2.24, 2.45) is 5.73 Å². The molecule has 10 heteroatoms. The number of hydrogen-bond acceptors (Lipinski definition) is 5. The number of benzene rings is 2. The maximum atomic E-state index is 14.7. The molecule has 2 amide bonds. The third-order valence-electron chi connectivity index (χ3n) is 5.82. The van der Waals surface area contributed by atoms with Crippen LogP contribution in [0.1, 0.15) is 35.8 Å². The lowest BCUT2D eigenvalue weighted by Gasteiger charge is -2.27. The summed E-state index contributed by atoms with van der Waals surface area (Å²) in [5, 5.41) is 15.6. The molecule has 1 saturated heterocycles. The van der Waals surface area contributed by atoms with Crippen LogP contribution >= 0.6 is 11.3 Å². The van der Waals surface area contributed by atoms with Gasteiger partial charge in [-0.1, -0.05) is 18.2 Å². The lowest BCUT2D eigenvalue weighted by Crippen LogP contribution is -2.37. The number of fused-ring (bicyclic) bond motifs is 2. The van der Waals surface area contributed by atoms with E-state index < -0.39 is 29.4 Å². The van der Waals surface area contributed by atoms with Crippen LogP contribution in [0.2, 0.25) is 0 Å². The van der Waals surface area contributed by atoms with Gasteiger partial charge in [-0.2, -0.15) is 5.10 Å². The molecule has 2 aromatic carbocycles. The molecule has 0 bridgehead atoms. The molecule has 3 heterocycles. The van der Waals surface area contributed by atoms with Crippen molar-refractivity contribution in [3.63, 3.8) is 0 Å². The number of hydrogen-bond donors (Lipinski definition) is 2. The second-order valence-electron chi connectivity index (χ2n) is 7.94. The van der Waals surface area contributed by atoms with E-state index in [1.165, 1.54) is 27.0 Å². The minimum absolute atomic E-state index is 0.143. The summed E-state index contributed by atoms with van der Waals surface area (Å²) < 4.78 is 17.2. The number of aromatic nitrogens is 2. The molecule has 33 heavy (non-hydrogen) atoms. The van der Waals surface area contributed by atoms with Crippen LogP contribution < -0.4 is 5.73 Å². The van der Waals surface area contributed by atoms with E-state index in [-0.39, 0.29) is 17.8 Å². The number of primary amides is 1. The van der Waals surface area contributed by atoms with Gasteiger partial charge in [0.25, 0.3) is 0 Å². The molecule has 2 aromatic heterocycles. The van der Waals surface area contributed by atoms with Gasteiger partial charge < -0.3 is 15.7 Å². The predicted octanol–water partition coefficient (Wildman–Crippen LogP) is 3.75. The Labute approximate surface area is 191 Å². The zero-order valence-corrected chi connectivity index (χ0v) is 18.1. The largest absolute Gasteiger partial charge is 0.478 e. The van der Waals surface area contributed by atoms with Crippen LogP contribution in [-0.2, 0) is 9.59 Å². The molecule has 1 aliphatic heterocycles. The Morgan fingerprint density at radius 1 is 1.24 bits per heavy atom. The van der Waals surface area contributed by atoms with E-state index in [1.807, 2.05) is 30.3 Å². The van der Waals surface area contributed by atoms with Crippen molar-refractivity contribution in [2.45, 2.75) is 25.4 Å².